The molecule has 0 aliphatic carbocycles. The minimum absolute atomic E-state index is 0. The van der Waals surface area contributed by atoms with Crippen molar-refractivity contribution in [3.05, 3.63) is 108 Å². The van der Waals surface area contributed by atoms with Gasteiger partial charge in [0.2, 0.25) is 0 Å². The Balaban J connectivity index is 0.00000245. The van der Waals surface area contributed by atoms with Gasteiger partial charge in [0.15, 0.2) is 11.5 Å². The van der Waals surface area contributed by atoms with Gasteiger partial charge in [0.05, 0.1) is 0 Å². The zero-order chi connectivity index (χ0) is 21.2. The molecule has 0 fully saturated rings. The zero-order valence-electron chi connectivity index (χ0n) is 17.7. The molecule has 3 N–H and O–H groups in total. The second-order valence-electron chi connectivity index (χ2n) is 8.11. The van der Waals surface area contributed by atoms with Crippen LogP contribution in [0.1, 0.15) is 22.7 Å². The Labute approximate surface area is 199 Å². The average molecular weight is 488 g/mol. The molecule has 0 amide bonds. The smallest absolute Gasteiger partial charge is 0.157 e. The van der Waals surface area contributed by atoms with Gasteiger partial charge in [0.25, 0.3) is 0 Å². The number of rotatable bonds is 4. The van der Waals surface area contributed by atoms with E-state index in [1.807, 2.05) is 6.07 Å². The molecular formula is C28H26BrNO2. The van der Waals surface area contributed by atoms with Crippen LogP contribution in [0.3, 0.4) is 0 Å². The Hall–Kier alpha value is -3.08. The van der Waals surface area contributed by atoms with Crippen molar-refractivity contribution in [3.8, 4) is 33.8 Å². The first-order chi connectivity index (χ1) is 15.2. The predicted octanol–water partition coefficient (Wildman–Crippen LogP) is 6.44. The second kappa shape index (κ2) is 9.60. The fraction of sp³-hybridized carbons (Fsp3) is 0.143. The highest BCUT2D eigenvalue weighted by Gasteiger charge is 2.22. The van der Waals surface area contributed by atoms with Crippen LogP contribution in [0.2, 0.25) is 0 Å². The van der Waals surface area contributed by atoms with Gasteiger partial charge < -0.3 is 15.5 Å². The fourth-order valence-electron chi connectivity index (χ4n) is 4.51. The third-order valence-electron chi connectivity index (χ3n) is 6.11. The maximum Gasteiger partial charge on any atom is 0.157 e. The van der Waals surface area contributed by atoms with Crippen molar-refractivity contribution in [1.29, 1.82) is 0 Å². The van der Waals surface area contributed by atoms with Crippen LogP contribution >= 0.6 is 17.0 Å². The Morgan fingerprint density at radius 3 is 2.00 bits per heavy atom. The summed E-state index contributed by atoms with van der Waals surface area (Å²) in [5.41, 5.74) is 8.28. The number of hydrogen-bond donors (Lipinski definition) is 3. The summed E-state index contributed by atoms with van der Waals surface area (Å²) in [4.78, 5) is 0. The van der Waals surface area contributed by atoms with Gasteiger partial charge in [-0.3, -0.25) is 0 Å². The van der Waals surface area contributed by atoms with Gasteiger partial charge in [0, 0.05) is 6.04 Å². The van der Waals surface area contributed by atoms with Crippen LogP contribution in [-0.4, -0.2) is 16.8 Å². The van der Waals surface area contributed by atoms with Crippen LogP contribution in [0.5, 0.6) is 11.5 Å². The Kier molecular flexibility index (Phi) is 6.63. The molecule has 162 valence electrons. The van der Waals surface area contributed by atoms with Gasteiger partial charge in [-0.05, 0) is 70.5 Å². The largest absolute Gasteiger partial charge is 0.504 e. The highest BCUT2D eigenvalue weighted by atomic mass is 79.9. The van der Waals surface area contributed by atoms with E-state index in [2.05, 4.69) is 78.1 Å². The number of nitrogens with one attached hydrogen (secondary N) is 1. The minimum Gasteiger partial charge on any atom is -0.504 e. The third-order valence-corrected chi connectivity index (χ3v) is 6.11. The van der Waals surface area contributed by atoms with Crippen molar-refractivity contribution in [3.63, 3.8) is 0 Å². The molecule has 0 saturated heterocycles. The van der Waals surface area contributed by atoms with Crippen molar-refractivity contribution in [2.24, 2.45) is 0 Å². The average Bonchev–Trinajstić information content (AvgIpc) is 2.81. The summed E-state index contributed by atoms with van der Waals surface area (Å²) in [5.74, 6) is -0.0962. The minimum atomic E-state index is -0.0553. The van der Waals surface area contributed by atoms with Crippen molar-refractivity contribution in [1.82, 2.24) is 5.32 Å². The number of halogens is 1. The Morgan fingerprint density at radius 1 is 0.719 bits per heavy atom. The molecule has 0 aromatic heterocycles. The molecule has 1 aliphatic rings. The van der Waals surface area contributed by atoms with E-state index < -0.39 is 0 Å². The van der Waals surface area contributed by atoms with Crippen LogP contribution in [-0.2, 0) is 12.8 Å². The van der Waals surface area contributed by atoms with Gasteiger partial charge >= 0.3 is 0 Å². The van der Waals surface area contributed by atoms with E-state index in [9.17, 15) is 10.2 Å². The lowest BCUT2D eigenvalue weighted by molar-refractivity contribution is 0.398. The van der Waals surface area contributed by atoms with Gasteiger partial charge in [-0.15, -0.1) is 17.0 Å². The highest BCUT2D eigenvalue weighted by molar-refractivity contribution is 8.93. The molecule has 1 heterocycles. The lowest BCUT2D eigenvalue weighted by atomic mass is 9.89. The maximum absolute atomic E-state index is 9.96. The van der Waals surface area contributed by atoms with E-state index in [1.165, 1.54) is 27.8 Å². The number of phenolic OH excluding ortho intramolecular Hbond substituents is 2. The molecule has 4 aromatic rings. The first kappa shape index (κ1) is 22.1. The molecule has 0 bridgehead atoms. The topological polar surface area (TPSA) is 52.5 Å². The molecule has 1 unspecified atom stereocenters. The summed E-state index contributed by atoms with van der Waals surface area (Å²) in [7, 11) is 0. The van der Waals surface area contributed by atoms with E-state index >= 15 is 0 Å². The standard InChI is InChI=1S/C28H25NO2.BrH/c30-27-17-22-14-15-29-26(25(22)18-28(27)31)16-19-10-12-21(13-11-19)24-9-5-4-8-23(24)20-6-2-1-3-7-20;/h1-13,17-18,26,29-31H,14-16H2;1H. The number of fused-ring (bicyclic) bond motifs is 1. The SMILES string of the molecule is Br.Oc1cc2c(cc1O)C(Cc1ccc(-c3ccccc3-c3ccccc3)cc1)NCC2. The van der Waals surface area contributed by atoms with Crippen molar-refractivity contribution >= 4 is 17.0 Å². The number of benzene rings is 4. The molecule has 0 spiro atoms. The number of hydrogen-bond acceptors (Lipinski definition) is 3. The second-order valence-corrected chi connectivity index (χ2v) is 8.11. The molecule has 4 aromatic carbocycles. The van der Waals surface area contributed by atoms with E-state index in [0.29, 0.717) is 0 Å². The van der Waals surface area contributed by atoms with E-state index in [1.54, 1.807) is 12.1 Å². The Bertz CT molecular complexity index is 1210. The Morgan fingerprint density at radius 2 is 1.31 bits per heavy atom. The van der Waals surface area contributed by atoms with Crippen LogP contribution in [0.4, 0.5) is 0 Å². The quantitative estimate of drug-likeness (QED) is 0.290. The normalized spacial score (nSPS) is 14.9. The van der Waals surface area contributed by atoms with Gasteiger partial charge in [-0.1, -0.05) is 78.9 Å². The molecular weight excluding hydrogens is 462 g/mol. The van der Waals surface area contributed by atoms with Gasteiger partial charge in [-0.2, -0.15) is 0 Å². The van der Waals surface area contributed by atoms with Crippen molar-refractivity contribution in [2.75, 3.05) is 6.54 Å². The molecule has 5 rings (SSSR count). The van der Waals surface area contributed by atoms with Gasteiger partial charge in [-0.25, -0.2) is 0 Å². The van der Waals surface area contributed by atoms with E-state index in [4.69, 9.17) is 0 Å². The highest BCUT2D eigenvalue weighted by Crippen LogP contribution is 2.36. The maximum atomic E-state index is 9.96. The van der Waals surface area contributed by atoms with Crippen LogP contribution in [0.25, 0.3) is 22.3 Å². The fourth-order valence-corrected chi connectivity index (χ4v) is 4.51. The molecule has 32 heavy (non-hydrogen) atoms. The number of aromatic hydroxyl groups is 2. The predicted molar refractivity (Wildman–Crippen MR) is 136 cm³/mol. The van der Waals surface area contributed by atoms with E-state index in [0.717, 1.165) is 30.5 Å². The first-order valence-corrected chi connectivity index (χ1v) is 10.7. The summed E-state index contributed by atoms with van der Waals surface area (Å²) in [6.07, 6.45) is 1.69. The first-order valence-electron chi connectivity index (χ1n) is 10.7. The lowest BCUT2D eigenvalue weighted by Crippen LogP contribution is -2.31. The van der Waals surface area contributed by atoms with Crippen LogP contribution < -0.4 is 5.32 Å². The zero-order valence-corrected chi connectivity index (χ0v) is 19.4. The molecule has 1 atom stereocenters. The van der Waals surface area contributed by atoms with Gasteiger partial charge in [0.1, 0.15) is 0 Å². The van der Waals surface area contributed by atoms with Crippen molar-refractivity contribution < 1.29 is 10.2 Å². The van der Waals surface area contributed by atoms with Crippen molar-refractivity contribution in [2.45, 2.75) is 18.9 Å². The molecule has 0 saturated carbocycles. The molecule has 4 heteroatoms. The summed E-state index contributed by atoms with van der Waals surface area (Å²) in [6.45, 7) is 0.865. The van der Waals surface area contributed by atoms with Crippen LogP contribution in [0.15, 0.2) is 91.0 Å². The lowest BCUT2D eigenvalue weighted by Gasteiger charge is -2.27. The molecule has 1 aliphatic heterocycles. The summed E-state index contributed by atoms with van der Waals surface area (Å²) in [5, 5.41) is 23.3. The summed E-state index contributed by atoms with van der Waals surface area (Å²) >= 11 is 0. The molecule has 3 nitrogen and oxygen atoms in total. The van der Waals surface area contributed by atoms with E-state index in [-0.39, 0.29) is 34.5 Å². The summed E-state index contributed by atoms with van der Waals surface area (Å²) < 4.78 is 0. The summed E-state index contributed by atoms with van der Waals surface area (Å²) in [6, 6.07) is 31.3. The van der Waals surface area contributed by atoms with Crippen LogP contribution in [0, 0.1) is 0 Å². The molecule has 0 radical (unpaired) electrons. The monoisotopic (exact) mass is 487 g/mol. The number of phenols is 2. The third kappa shape index (κ3) is 4.43.